The topological polar surface area (TPSA) is 55.6 Å². The second kappa shape index (κ2) is 3.46. The number of carbonyl (C=O) groups is 1. The SMILES string of the molecule is CN1C(=O)[C@@H](N)COC2=CCCC=C21. The van der Waals surface area contributed by atoms with Gasteiger partial charge in [-0.1, -0.05) is 6.08 Å². The van der Waals surface area contributed by atoms with Gasteiger partial charge in [-0.15, -0.1) is 0 Å². The van der Waals surface area contributed by atoms with Crippen LogP contribution in [0.2, 0.25) is 0 Å². The molecule has 0 saturated carbocycles. The standard InChI is InChI=1S/C10H14N2O2/c1-12-8-4-2-3-5-9(8)14-6-7(11)10(12)13/h4-5,7H,2-3,6,11H2,1H3/t7-/m0/s1. The lowest BCUT2D eigenvalue weighted by Crippen LogP contribution is -2.41. The molecule has 0 spiro atoms. The van der Waals surface area contributed by atoms with Crippen LogP contribution in [0, 0.1) is 0 Å². The fraction of sp³-hybridized carbons (Fsp3) is 0.500. The number of amides is 1. The van der Waals surface area contributed by atoms with Crippen molar-refractivity contribution in [2.45, 2.75) is 18.9 Å². The van der Waals surface area contributed by atoms with E-state index < -0.39 is 6.04 Å². The summed E-state index contributed by atoms with van der Waals surface area (Å²) in [6.07, 6.45) is 5.95. The third-order valence-electron chi connectivity index (χ3n) is 2.51. The van der Waals surface area contributed by atoms with Crippen LogP contribution < -0.4 is 5.73 Å². The Hall–Kier alpha value is -1.29. The predicted octanol–water partition coefficient (Wildman–Crippen LogP) is 0.364. The highest BCUT2D eigenvalue weighted by atomic mass is 16.5. The first-order valence-corrected chi connectivity index (χ1v) is 4.77. The van der Waals surface area contributed by atoms with E-state index in [-0.39, 0.29) is 12.5 Å². The lowest BCUT2D eigenvalue weighted by atomic mass is 10.1. The third kappa shape index (κ3) is 1.42. The van der Waals surface area contributed by atoms with Gasteiger partial charge in [0.25, 0.3) is 0 Å². The molecular weight excluding hydrogens is 180 g/mol. The summed E-state index contributed by atoms with van der Waals surface area (Å²) < 4.78 is 5.47. The molecule has 1 saturated heterocycles. The molecule has 0 radical (unpaired) electrons. The van der Waals surface area contributed by atoms with Crippen LogP contribution in [0.5, 0.6) is 0 Å². The molecule has 1 aliphatic carbocycles. The minimum Gasteiger partial charge on any atom is -0.490 e. The number of allylic oxidation sites excluding steroid dienone is 2. The molecule has 0 aromatic carbocycles. The van der Waals surface area contributed by atoms with Gasteiger partial charge in [0.1, 0.15) is 18.4 Å². The summed E-state index contributed by atoms with van der Waals surface area (Å²) in [6.45, 7) is 0.270. The fourth-order valence-electron chi connectivity index (χ4n) is 1.69. The van der Waals surface area contributed by atoms with Crippen LogP contribution in [-0.2, 0) is 9.53 Å². The van der Waals surface area contributed by atoms with Crippen molar-refractivity contribution in [3.8, 4) is 0 Å². The molecule has 14 heavy (non-hydrogen) atoms. The molecule has 2 aliphatic rings. The Bertz CT molecular complexity index is 320. The number of likely N-dealkylation sites (N-methyl/N-ethyl adjacent to an activating group) is 1. The van der Waals surface area contributed by atoms with Gasteiger partial charge >= 0.3 is 0 Å². The highest BCUT2D eigenvalue weighted by molar-refractivity contribution is 5.84. The van der Waals surface area contributed by atoms with Gasteiger partial charge < -0.3 is 15.4 Å². The van der Waals surface area contributed by atoms with Crippen LogP contribution in [0.3, 0.4) is 0 Å². The maximum absolute atomic E-state index is 11.7. The van der Waals surface area contributed by atoms with E-state index >= 15 is 0 Å². The van der Waals surface area contributed by atoms with E-state index in [4.69, 9.17) is 10.5 Å². The summed E-state index contributed by atoms with van der Waals surface area (Å²) in [4.78, 5) is 13.2. The molecule has 0 aromatic heterocycles. The first kappa shape index (κ1) is 9.27. The molecule has 1 heterocycles. The average Bonchev–Trinajstić information content (AvgIpc) is 2.32. The third-order valence-corrected chi connectivity index (χ3v) is 2.51. The molecule has 1 aliphatic heterocycles. The summed E-state index contributed by atoms with van der Waals surface area (Å²) in [5.74, 6) is 0.710. The van der Waals surface area contributed by atoms with E-state index in [1.807, 2.05) is 12.2 Å². The lowest BCUT2D eigenvalue weighted by molar-refractivity contribution is -0.129. The van der Waals surface area contributed by atoms with Gasteiger partial charge in [0.05, 0.1) is 5.70 Å². The second-order valence-electron chi connectivity index (χ2n) is 3.55. The van der Waals surface area contributed by atoms with Crippen LogP contribution in [0.15, 0.2) is 23.6 Å². The summed E-state index contributed by atoms with van der Waals surface area (Å²) in [5.41, 5.74) is 6.51. The van der Waals surface area contributed by atoms with Crippen LogP contribution >= 0.6 is 0 Å². The van der Waals surface area contributed by atoms with Crippen LogP contribution in [-0.4, -0.2) is 30.5 Å². The van der Waals surface area contributed by atoms with E-state index in [1.54, 1.807) is 11.9 Å². The smallest absolute Gasteiger partial charge is 0.247 e. The van der Waals surface area contributed by atoms with Crippen molar-refractivity contribution in [3.63, 3.8) is 0 Å². The zero-order chi connectivity index (χ0) is 10.1. The Morgan fingerprint density at radius 1 is 1.50 bits per heavy atom. The number of nitrogens with zero attached hydrogens (tertiary/aromatic N) is 1. The molecule has 1 amide bonds. The zero-order valence-electron chi connectivity index (χ0n) is 8.19. The Labute approximate surface area is 83.0 Å². The highest BCUT2D eigenvalue weighted by Gasteiger charge is 2.28. The van der Waals surface area contributed by atoms with E-state index in [9.17, 15) is 4.79 Å². The fourth-order valence-corrected chi connectivity index (χ4v) is 1.69. The van der Waals surface area contributed by atoms with Crippen molar-refractivity contribution < 1.29 is 9.53 Å². The minimum absolute atomic E-state index is 0.0819. The van der Waals surface area contributed by atoms with Crippen molar-refractivity contribution in [2.24, 2.45) is 5.73 Å². The van der Waals surface area contributed by atoms with Crippen molar-refractivity contribution in [1.82, 2.24) is 4.90 Å². The van der Waals surface area contributed by atoms with Crippen LogP contribution in [0.4, 0.5) is 0 Å². The van der Waals surface area contributed by atoms with Gasteiger partial charge in [-0.3, -0.25) is 4.79 Å². The van der Waals surface area contributed by atoms with Gasteiger partial charge in [-0.2, -0.15) is 0 Å². The summed E-state index contributed by atoms with van der Waals surface area (Å²) in [5, 5.41) is 0. The first-order chi connectivity index (χ1) is 6.70. The molecule has 2 N–H and O–H groups in total. The maximum atomic E-state index is 11.7. The Morgan fingerprint density at radius 3 is 3.00 bits per heavy atom. The molecule has 76 valence electrons. The second-order valence-corrected chi connectivity index (χ2v) is 3.55. The van der Waals surface area contributed by atoms with E-state index in [0.717, 1.165) is 24.3 Å². The van der Waals surface area contributed by atoms with E-state index in [1.165, 1.54) is 0 Å². The molecule has 4 heteroatoms. The van der Waals surface area contributed by atoms with Gasteiger partial charge in [0.15, 0.2) is 0 Å². The molecular formula is C10H14N2O2. The first-order valence-electron chi connectivity index (χ1n) is 4.77. The molecule has 4 nitrogen and oxygen atoms in total. The van der Waals surface area contributed by atoms with Crippen molar-refractivity contribution >= 4 is 5.91 Å². The summed E-state index contributed by atoms with van der Waals surface area (Å²) >= 11 is 0. The molecule has 0 unspecified atom stereocenters. The number of carbonyl (C=O) groups excluding carboxylic acids is 1. The minimum atomic E-state index is -0.549. The molecule has 0 bridgehead atoms. The quantitative estimate of drug-likeness (QED) is 0.606. The average molecular weight is 194 g/mol. The van der Waals surface area contributed by atoms with Gasteiger partial charge in [0.2, 0.25) is 5.91 Å². The van der Waals surface area contributed by atoms with Crippen LogP contribution in [0.1, 0.15) is 12.8 Å². The summed E-state index contributed by atoms with van der Waals surface area (Å²) in [6, 6.07) is -0.549. The molecule has 0 aromatic rings. The number of ether oxygens (including phenoxy) is 1. The number of rotatable bonds is 0. The normalized spacial score (nSPS) is 27.1. The van der Waals surface area contributed by atoms with Crippen molar-refractivity contribution in [3.05, 3.63) is 23.6 Å². The monoisotopic (exact) mass is 194 g/mol. The number of hydrogen-bond acceptors (Lipinski definition) is 3. The van der Waals surface area contributed by atoms with Crippen LogP contribution in [0.25, 0.3) is 0 Å². The predicted molar refractivity (Wildman–Crippen MR) is 52.1 cm³/mol. The largest absolute Gasteiger partial charge is 0.490 e. The Kier molecular flexibility index (Phi) is 2.29. The zero-order valence-corrected chi connectivity index (χ0v) is 8.19. The maximum Gasteiger partial charge on any atom is 0.247 e. The Balaban J connectivity index is 2.33. The van der Waals surface area contributed by atoms with Crippen molar-refractivity contribution in [2.75, 3.05) is 13.7 Å². The Morgan fingerprint density at radius 2 is 2.21 bits per heavy atom. The lowest BCUT2D eigenvalue weighted by Gasteiger charge is -2.21. The molecule has 1 atom stereocenters. The van der Waals surface area contributed by atoms with Gasteiger partial charge in [0, 0.05) is 7.05 Å². The van der Waals surface area contributed by atoms with Gasteiger partial charge in [-0.25, -0.2) is 0 Å². The van der Waals surface area contributed by atoms with E-state index in [2.05, 4.69) is 0 Å². The molecule has 2 rings (SSSR count). The molecule has 1 fully saturated rings. The summed E-state index contributed by atoms with van der Waals surface area (Å²) in [7, 11) is 1.74. The van der Waals surface area contributed by atoms with Crippen molar-refractivity contribution in [1.29, 1.82) is 0 Å². The van der Waals surface area contributed by atoms with E-state index in [0.29, 0.717) is 0 Å². The van der Waals surface area contributed by atoms with Gasteiger partial charge in [-0.05, 0) is 18.9 Å². The highest BCUT2D eigenvalue weighted by Crippen LogP contribution is 2.25. The number of hydrogen-bond donors (Lipinski definition) is 1. The number of nitrogens with two attached hydrogens (primary N) is 1. The number of fused-ring (bicyclic) bond motifs is 1.